The van der Waals surface area contributed by atoms with E-state index in [4.69, 9.17) is 0 Å². The second kappa shape index (κ2) is 4.94. The summed E-state index contributed by atoms with van der Waals surface area (Å²) in [6.07, 6.45) is 4.71. The van der Waals surface area contributed by atoms with Crippen molar-refractivity contribution in [1.82, 2.24) is 9.97 Å². The zero-order valence-electron chi connectivity index (χ0n) is 9.41. The van der Waals surface area contributed by atoms with Crippen LogP contribution < -0.4 is 5.32 Å². The third kappa shape index (κ3) is 2.98. The molecule has 0 aromatic carbocycles. The quantitative estimate of drug-likeness (QED) is 0.798. The molecule has 0 saturated carbocycles. The second-order valence-corrected chi connectivity index (χ2v) is 3.86. The Balaban J connectivity index is 2.60. The summed E-state index contributed by atoms with van der Waals surface area (Å²) in [5, 5.41) is 3.36. The van der Waals surface area contributed by atoms with E-state index in [9.17, 15) is 0 Å². The predicted octanol–water partition coefficient (Wildman–Crippen LogP) is 2.63. The average Bonchev–Trinajstić information content (AvgIpc) is 2.16. The molecular weight excluding hydrogens is 174 g/mol. The fraction of sp³-hybridized carbons (Fsp3) is 0.636. The third-order valence-electron chi connectivity index (χ3n) is 2.63. The average molecular weight is 193 g/mol. The maximum Gasteiger partial charge on any atom is 0.145 e. The van der Waals surface area contributed by atoms with Crippen molar-refractivity contribution < 1.29 is 0 Å². The summed E-state index contributed by atoms with van der Waals surface area (Å²) in [7, 11) is 0. The van der Waals surface area contributed by atoms with Gasteiger partial charge in [0.2, 0.25) is 0 Å². The first-order chi connectivity index (χ1) is 6.63. The Kier molecular flexibility index (Phi) is 3.86. The molecule has 1 aromatic rings. The zero-order chi connectivity index (χ0) is 10.6. The van der Waals surface area contributed by atoms with Crippen molar-refractivity contribution in [2.75, 3.05) is 5.32 Å². The Bertz CT molecular complexity index is 286. The van der Waals surface area contributed by atoms with Gasteiger partial charge in [0.1, 0.15) is 5.82 Å². The number of rotatable bonds is 4. The molecule has 3 heteroatoms. The Morgan fingerprint density at radius 1 is 1.36 bits per heavy atom. The summed E-state index contributed by atoms with van der Waals surface area (Å²) < 4.78 is 0. The van der Waals surface area contributed by atoms with Crippen LogP contribution in [0.1, 0.15) is 32.9 Å². The molecule has 1 N–H and O–H groups in total. The first kappa shape index (κ1) is 11.0. The van der Waals surface area contributed by atoms with Crippen molar-refractivity contribution in [3.05, 3.63) is 18.1 Å². The monoisotopic (exact) mass is 193 g/mol. The van der Waals surface area contributed by atoms with Crippen LogP contribution >= 0.6 is 0 Å². The fourth-order valence-corrected chi connectivity index (χ4v) is 1.26. The summed E-state index contributed by atoms with van der Waals surface area (Å²) in [6, 6.07) is 0.441. The first-order valence-electron chi connectivity index (χ1n) is 5.18. The lowest BCUT2D eigenvalue weighted by Gasteiger charge is -2.20. The molecule has 1 aromatic heterocycles. The van der Waals surface area contributed by atoms with Gasteiger partial charge in [-0.15, -0.1) is 0 Å². The van der Waals surface area contributed by atoms with E-state index in [1.807, 2.05) is 6.92 Å². The lowest BCUT2D eigenvalue weighted by Crippen LogP contribution is -2.23. The first-order valence-corrected chi connectivity index (χ1v) is 5.18. The van der Waals surface area contributed by atoms with Gasteiger partial charge in [0.15, 0.2) is 0 Å². The van der Waals surface area contributed by atoms with Gasteiger partial charge < -0.3 is 5.32 Å². The zero-order valence-corrected chi connectivity index (χ0v) is 9.41. The van der Waals surface area contributed by atoms with Gasteiger partial charge in [-0.3, -0.25) is 4.98 Å². The number of hydrogen-bond donors (Lipinski definition) is 1. The van der Waals surface area contributed by atoms with Gasteiger partial charge in [0, 0.05) is 12.2 Å². The topological polar surface area (TPSA) is 37.8 Å². The smallest absolute Gasteiger partial charge is 0.145 e. The van der Waals surface area contributed by atoms with Gasteiger partial charge in [-0.25, -0.2) is 4.98 Å². The number of aryl methyl sites for hydroxylation is 1. The SMILES string of the molecule is CCC(C)C(C)Nc1cncc(C)n1. The summed E-state index contributed by atoms with van der Waals surface area (Å²) in [4.78, 5) is 8.45. The number of hydrogen-bond acceptors (Lipinski definition) is 3. The van der Waals surface area contributed by atoms with Gasteiger partial charge in [-0.2, -0.15) is 0 Å². The van der Waals surface area contributed by atoms with Crippen molar-refractivity contribution in [3.8, 4) is 0 Å². The molecule has 1 heterocycles. The standard InChI is InChI=1S/C11H19N3/c1-5-8(2)10(4)14-11-7-12-6-9(3)13-11/h6-8,10H,5H2,1-4H3,(H,13,14). The van der Waals surface area contributed by atoms with Crippen molar-refractivity contribution in [2.45, 2.75) is 40.2 Å². The lowest BCUT2D eigenvalue weighted by atomic mass is 10.0. The van der Waals surface area contributed by atoms with Gasteiger partial charge >= 0.3 is 0 Å². The summed E-state index contributed by atoms with van der Waals surface area (Å²) in [5.74, 6) is 1.52. The van der Waals surface area contributed by atoms with Gasteiger partial charge in [-0.05, 0) is 19.8 Å². The molecule has 3 nitrogen and oxygen atoms in total. The fourth-order valence-electron chi connectivity index (χ4n) is 1.26. The molecule has 2 unspecified atom stereocenters. The van der Waals surface area contributed by atoms with Crippen LogP contribution in [-0.4, -0.2) is 16.0 Å². The van der Waals surface area contributed by atoms with E-state index >= 15 is 0 Å². The van der Waals surface area contributed by atoms with Crippen LogP contribution in [0.4, 0.5) is 5.82 Å². The van der Waals surface area contributed by atoms with Crippen molar-refractivity contribution >= 4 is 5.82 Å². The minimum atomic E-state index is 0.441. The van der Waals surface area contributed by atoms with Crippen LogP contribution in [-0.2, 0) is 0 Å². The summed E-state index contributed by atoms with van der Waals surface area (Å²) in [5.41, 5.74) is 0.950. The van der Waals surface area contributed by atoms with E-state index < -0.39 is 0 Å². The molecule has 0 fully saturated rings. The highest BCUT2D eigenvalue weighted by molar-refractivity contribution is 5.32. The Morgan fingerprint density at radius 2 is 2.07 bits per heavy atom. The Morgan fingerprint density at radius 3 is 2.64 bits per heavy atom. The van der Waals surface area contributed by atoms with Gasteiger partial charge in [0.05, 0.1) is 11.9 Å². The van der Waals surface area contributed by atoms with Crippen LogP contribution in [0.2, 0.25) is 0 Å². The number of aromatic nitrogens is 2. The molecule has 14 heavy (non-hydrogen) atoms. The number of anilines is 1. The molecule has 0 aliphatic rings. The minimum Gasteiger partial charge on any atom is -0.366 e. The molecule has 0 radical (unpaired) electrons. The molecule has 0 bridgehead atoms. The number of nitrogens with zero attached hydrogens (tertiary/aromatic N) is 2. The Hall–Kier alpha value is -1.12. The maximum atomic E-state index is 4.36. The second-order valence-electron chi connectivity index (χ2n) is 3.86. The molecular formula is C11H19N3. The molecule has 0 amide bonds. The van der Waals surface area contributed by atoms with E-state index in [1.54, 1.807) is 12.4 Å². The summed E-state index contributed by atoms with van der Waals surface area (Å²) in [6.45, 7) is 8.57. The lowest BCUT2D eigenvalue weighted by molar-refractivity contribution is 0.493. The van der Waals surface area contributed by atoms with E-state index in [0.717, 1.165) is 11.5 Å². The molecule has 0 spiro atoms. The third-order valence-corrected chi connectivity index (χ3v) is 2.63. The molecule has 0 saturated heterocycles. The van der Waals surface area contributed by atoms with Crippen LogP contribution in [0.3, 0.4) is 0 Å². The van der Waals surface area contributed by atoms with Crippen LogP contribution in [0.25, 0.3) is 0 Å². The van der Waals surface area contributed by atoms with Crippen LogP contribution in [0.15, 0.2) is 12.4 Å². The molecule has 78 valence electrons. The Labute approximate surface area is 86.0 Å². The molecule has 2 atom stereocenters. The van der Waals surface area contributed by atoms with Crippen molar-refractivity contribution in [1.29, 1.82) is 0 Å². The van der Waals surface area contributed by atoms with E-state index in [2.05, 4.69) is 36.1 Å². The molecule has 0 aliphatic heterocycles. The molecule has 0 aliphatic carbocycles. The summed E-state index contributed by atoms with van der Waals surface area (Å²) >= 11 is 0. The maximum absolute atomic E-state index is 4.36. The van der Waals surface area contributed by atoms with Gasteiger partial charge in [-0.1, -0.05) is 20.3 Å². The minimum absolute atomic E-state index is 0.441. The highest BCUT2D eigenvalue weighted by Gasteiger charge is 2.10. The highest BCUT2D eigenvalue weighted by atomic mass is 15.0. The molecule has 1 rings (SSSR count). The van der Waals surface area contributed by atoms with E-state index in [-0.39, 0.29) is 0 Å². The van der Waals surface area contributed by atoms with Gasteiger partial charge in [0.25, 0.3) is 0 Å². The normalized spacial score (nSPS) is 14.9. The number of nitrogens with one attached hydrogen (secondary N) is 1. The van der Waals surface area contributed by atoms with E-state index in [0.29, 0.717) is 12.0 Å². The van der Waals surface area contributed by atoms with Crippen molar-refractivity contribution in [3.63, 3.8) is 0 Å². The van der Waals surface area contributed by atoms with E-state index in [1.165, 1.54) is 6.42 Å². The van der Waals surface area contributed by atoms with Crippen LogP contribution in [0, 0.1) is 12.8 Å². The highest BCUT2D eigenvalue weighted by Crippen LogP contribution is 2.12. The van der Waals surface area contributed by atoms with Crippen molar-refractivity contribution in [2.24, 2.45) is 5.92 Å². The largest absolute Gasteiger partial charge is 0.366 e. The van der Waals surface area contributed by atoms with Crippen LogP contribution in [0.5, 0.6) is 0 Å². The predicted molar refractivity (Wildman–Crippen MR) is 59.3 cm³/mol.